The fraction of sp³-hybridized carbons (Fsp3) is 0.0952. The molecule has 1 heterocycles. The van der Waals surface area contributed by atoms with Gasteiger partial charge in [-0.3, -0.25) is 4.79 Å². The van der Waals surface area contributed by atoms with Crippen LogP contribution in [0.1, 0.15) is 10.5 Å². The molecule has 1 aromatic heterocycles. The Bertz CT molecular complexity index is 1090. The van der Waals surface area contributed by atoms with Crippen molar-refractivity contribution in [1.82, 2.24) is 4.57 Å². The Morgan fingerprint density at radius 3 is 2.56 bits per heavy atom. The predicted molar refractivity (Wildman–Crippen MR) is 101 cm³/mol. The van der Waals surface area contributed by atoms with E-state index in [0.29, 0.717) is 5.69 Å². The van der Waals surface area contributed by atoms with E-state index in [2.05, 4.69) is 5.32 Å². The van der Waals surface area contributed by atoms with E-state index >= 15 is 0 Å². The Hall–Kier alpha value is -3.27. The van der Waals surface area contributed by atoms with Gasteiger partial charge >= 0.3 is 0 Å². The Morgan fingerprint density at radius 2 is 1.72 bits per heavy atom. The van der Waals surface area contributed by atoms with Crippen LogP contribution in [0.15, 0.2) is 66.7 Å². The van der Waals surface area contributed by atoms with Crippen LogP contribution in [0.25, 0.3) is 21.7 Å². The van der Waals surface area contributed by atoms with Gasteiger partial charge in [-0.05, 0) is 29.7 Å². The molecule has 1 amide bonds. The monoisotopic (exact) mass is 330 g/mol. The van der Waals surface area contributed by atoms with Crippen LogP contribution in [0.3, 0.4) is 0 Å². The van der Waals surface area contributed by atoms with Crippen LogP contribution in [0, 0.1) is 0 Å². The third-order valence-electron chi connectivity index (χ3n) is 4.54. The van der Waals surface area contributed by atoms with Gasteiger partial charge in [0.05, 0.1) is 12.6 Å². The summed E-state index contributed by atoms with van der Waals surface area (Å²) >= 11 is 0. The first-order valence-corrected chi connectivity index (χ1v) is 8.10. The Morgan fingerprint density at radius 1 is 0.960 bits per heavy atom. The minimum atomic E-state index is -0.142. The van der Waals surface area contributed by atoms with Gasteiger partial charge in [0.15, 0.2) is 0 Å². The van der Waals surface area contributed by atoms with Crippen molar-refractivity contribution >= 4 is 33.3 Å². The van der Waals surface area contributed by atoms with Gasteiger partial charge in [0.2, 0.25) is 0 Å². The summed E-state index contributed by atoms with van der Waals surface area (Å²) in [6.45, 7) is 0. The van der Waals surface area contributed by atoms with E-state index in [-0.39, 0.29) is 5.91 Å². The van der Waals surface area contributed by atoms with E-state index < -0.39 is 0 Å². The maximum Gasteiger partial charge on any atom is 0.272 e. The van der Waals surface area contributed by atoms with E-state index in [4.69, 9.17) is 4.74 Å². The number of methoxy groups -OCH3 is 1. The highest BCUT2D eigenvalue weighted by Crippen LogP contribution is 2.29. The molecule has 4 rings (SSSR count). The number of carbonyl (C=O) groups is 1. The summed E-state index contributed by atoms with van der Waals surface area (Å²) in [6.07, 6.45) is 0. The molecule has 0 saturated carbocycles. The third-order valence-corrected chi connectivity index (χ3v) is 4.54. The van der Waals surface area contributed by atoms with Gasteiger partial charge in [-0.15, -0.1) is 0 Å². The van der Waals surface area contributed by atoms with Crippen LogP contribution in [0.5, 0.6) is 5.75 Å². The van der Waals surface area contributed by atoms with Crippen LogP contribution in [-0.4, -0.2) is 17.6 Å². The highest BCUT2D eigenvalue weighted by molar-refractivity contribution is 6.10. The van der Waals surface area contributed by atoms with E-state index in [9.17, 15) is 4.79 Å². The average Bonchev–Trinajstić information content (AvgIpc) is 2.99. The molecular weight excluding hydrogens is 312 g/mol. The normalized spacial score (nSPS) is 11.0. The van der Waals surface area contributed by atoms with Crippen molar-refractivity contribution < 1.29 is 9.53 Å². The number of benzene rings is 3. The number of rotatable bonds is 3. The molecular formula is C21H18N2O2. The smallest absolute Gasteiger partial charge is 0.272 e. The largest absolute Gasteiger partial charge is 0.496 e. The molecule has 4 aromatic rings. The third kappa shape index (κ3) is 2.52. The molecule has 0 fully saturated rings. The molecule has 124 valence electrons. The molecule has 0 atom stereocenters. The summed E-state index contributed by atoms with van der Waals surface area (Å²) in [4.78, 5) is 12.9. The molecule has 0 radical (unpaired) electrons. The Kier molecular flexibility index (Phi) is 3.65. The maximum atomic E-state index is 12.9. The molecule has 0 unspecified atom stereocenters. The van der Waals surface area contributed by atoms with Gasteiger partial charge in [0.25, 0.3) is 5.91 Å². The minimum absolute atomic E-state index is 0.142. The first-order valence-electron chi connectivity index (χ1n) is 8.10. The number of anilines is 1. The molecule has 0 aliphatic carbocycles. The summed E-state index contributed by atoms with van der Waals surface area (Å²) in [7, 11) is 3.53. The molecule has 4 nitrogen and oxygen atoms in total. The van der Waals surface area contributed by atoms with E-state index in [1.165, 1.54) is 0 Å². The Balaban J connectivity index is 1.76. The van der Waals surface area contributed by atoms with Crippen molar-refractivity contribution in [3.05, 3.63) is 72.4 Å². The van der Waals surface area contributed by atoms with E-state index in [1.807, 2.05) is 78.3 Å². The number of hydrogen-bond donors (Lipinski definition) is 1. The molecule has 4 heteroatoms. The first kappa shape index (κ1) is 15.3. The predicted octanol–water partition coefficient (Wildman–Crippen LogP) is 4.59. The molecule has 3 aromatic carbocycles. The lowest BCUT2D eigenvalue weighted by Crippen LogP contribution is -2.15. The van der Waals surface area contributed by atoms with Crippen LogP contribution < -0.4 is 10.1 Å². The van der Waals surface area contributed by atoms with Crippen molar-refractivity contribution in [3.8, 4) is 5.75 Å². The molecule has 0 saturated heterocycles. The van der Waals surface area contributed by atoms with Gasteiger partial charge in [-0.2, -0.15) is 0 Å². The van der Waals surface area contributed by atoms with Gasteiger partial charge in [0.1, 0.15) is 11.4 Å². The molecule has 0 aliphatic rings. The zero-order valence-electron chi connectivity index (χ0n) is 14.1. The number of nitrogens with one attached hydrogen (secondary N) is 1. The van der Waals surface area contributed by atoms with E-state index in [1.54, 1.807) is 7.11 Å². The fourth-order valence-corrected chi connectivity index (χ4v) is 3.25. The number of aryl methyl sites for hydroxylation is 1. The van der Waals surface area contributed by atoms with E-state index in [0.717, 1.165) is 33.1 Å². The SMILES string of the molecule is COc1cccc2c1cc(C(=O)Nc1cccc3ccccc13)n2C. The average molecular weight is 330 g/mol. The number of nitrogens with zero attached hydrogens (tertiary/aromatic N) is 1. The summed E-state index contributed by atoms with van der Waals surface area (Å²) in [5, 5.41) is 6.09. The molecule has 0 aliphatic heterocycles. The number of fused-ring (bicyclic) bond motifs is 2. The second-order valence-electron chi connectivity index (χ2n) is 5.96. The number of carbonyl (C=O) groups excluding carboxylic acids is 1. The summed E-state index contributed by atoms with van der Waals surface area (Å²) in [5.41, 5.74) is 2.36. The lowest BCUT2D eigenvalue weighted by Gasteiger charge is -2.09. The van der Waals surface area contributed by atoms with Crippen molar-refractivity contribution in [2.45, 2.75) is 0 Å². The molecule has 0 spiro atoms. The number of ether oxygens (including phenoxy) is 1. The Labute approximate surface area is 145 Å². The van der Waals surface area contributed by atoms with Crippen LogP contribution in [0.4, 0.5) is 5.69 Å². The minimum Gasteiger partial charge on any atom is -0.496 e. The zero-order valence-corrected chi connectivity index (χ0v) is 14.1. The second-order valence-corrected chi connectivity index (χ2v) is 5.96. The van der Waals surface area contributed by atoms with Crippen molar-refractivity contribution in [1.29, 1.82) is 0 Å². The summed E-state index contributed by atoms with van der Waals surface area (Å²) in [6, 6.07) is 21.6. The van der Waals surface area contributed by atoms with Crippen LogP contribution in [-0.2, 0) is 7.05 Å². The van der Waals surface area contributed by atoms with Crippen molar-refractivity contribution in [2.75, 3.05) is 12.4 Å². The van der Waals surface area contributed by atoms with Crippen molar-refractivity contribution in [2.24, 2.45) is 7.05 Å². The lowest BCUT2D eigenvalue weighted by molar-refractivity contribution is 0.102. The summed E-state index contributed by atoms with van der Waals surface area (Å²) < 4.78 is 7.29. The second kappa shape index (κ2) is 5.98. The highest BCUT2D eigenvalue weighted by Gasteiger charge is 2.16. The fourth-order valence-electron chi connectivity index (χ4n) is 3.25. The number of amides is 1. The van der Waals surface area contributed by atoms with Crippen LogP contribution >= 0.6 is 0 Å². The maximum absolute atomic E-state index is 12.9. The van der Waals surface area contributed by atoms with Crippen LogP contribution in [0.2, 0.25) is 0 Å². The molecule has 0 bridgehead atoms. The highest BCUT2D eigenvalue weighted by atomic mass is 16.5. The summed E-state index contributed by atoms with van der Waals surface area (Å²) in [5.74, 6) is 0.620. The molecule has 25 heavy (non-hydrogen) atoms. The van der Waals surface area contributed by atoms with Gasteiger partial charge < -0.3 is 14.6 Å². The zero-order chi connectivity index (χ0) is 17.4. The quantitative estimate of drug-likeness (QED) is 0.597. The van der Waals surface area contributed by atoms with Gasteiger partial charge in [0, 0.05) is 23.5 Å². The topological polar surface area (TPSA) is 43.3 Å². The lowest BCUT2D eigenvalue weighted by atomic mass is 10.1. The van der Waals surface area contributed by atoms with Gasteiger partial charge in [-0.25, -0.2) is 0 Å². The van der Waals surface area contributed by atoms with Gasteiger partial charge in [-0.1, -0.05) is 42.5 Å². The molecule has 1 N–H and O–H groups in total. The standard InChI is InChI=1S/C21H18N2O2/c1-23-18-11-6-12-20(25-2)16(18)13-19(23)21(24)22-17-10-5-8-14-7-3-4-9-15(14)17/h3-13H,1-2H3,(H,22,24). The van der Waals surface area contributed by atoms with Crippen molar-refractivity contribution in [3.63, 3.8) is 0 Å². The number of aromatic nitrogens is 1. The number of hydrogen-bond acceptors (Lipinski definition) is 2. The first-order chi connectivity index (χ1) is 12.2.